The van der Waals surface area contributed by atoms with Crippen LogP contribution < -0.4 is 0 Å². The second-order valence-electron chi connectivity index (χ2n) is 1.81. The van der Waals surface area contributed by atoms with E-state index < -0.39 is 14.9 Å². The van der Waals surface area contributed by atoms with E-state index in [2.05, 4.69) is 0 Å². The number of phenols is 2. The van der Waals surface area contributed by atoms with Crippen molar-refractivity contribution >= 4 is 14.9 Å². The van der Waals surface area contributed by atoms with Crippen LogP contribution in [0.5, 0.6) is 11.5 Å². The number of hydrogen-bond donors (Lipinski definition) is 5. The number of phenolic OH excluding ortho intramolecular Hbond substituents is 2. The summed E-state index contributed by atoms with van der Waals surface area (Å²) in [4.78, 5) is 8.00. The van der Waals surface area contributed by atoms with Gasteiger partial charge in [-0.1, -0.05) is 12.1 Å². The Balaban J connectivity index is -0.0000000497. The van der Waals surface area contributed by atoms with Gasteiger partial charge in [0, 0.05) is 0 Å². The molecule has 1 rings (SSSR count). The molecule has 0 aliphatic carbocycles. The van der Waals surface area contributed by atoms with Crippen LogP contribution in [0.4, 0.5) is 0 Å². The summed E-state index contributed by atoms with van der Waals surface area (Å²) in [6, 6.07) is 6.15. The third-order valence-corrected chi connectivity index (χ3v) is 0.882. The number of nitrogens with two attached hydrogens (primary N) is 2. The molecule has 12 heteroatoms. The summed E-state index contributed by atoms with van der Waals surface area (Å²) in [6.45, 7) is 0. The van der Waals surface area contributed by atoms with E-state index in [1.54, 1.807) is 12.1 Å². The predicted molar refractivity (Wildman–Crippen MR) is 61.9 cm³/mol. The van der Waals surface area contributed by atoms with Crippen LogP contribution in [0.1, 0.15) is 0 Å². The minimum Gasteiger partial charge on any atom is -0.693 e. The molecule has 1 aromatic carbocycles. The van der Waals surface area contributed by atoms with Gasteiger partial charge in [-0.3, -0.25) is 0 Å². The molecular weight excluding hydrogens is 500 g/mol. The molecule has 9 N–H and O–H groups in total. The average Bonchev–Trinajstić information content (AvgIpc) is 2.10. The standard InChI is InChI=1S/C6H6O2.HNO2.2H2N.H3O3Se.Pt/c7-5-3-1-2-4-6(5)8;2-1-3;;;1-4(2)3;/h1-4,7-8H;(H,2,3);2*1H2;1-3H;/q;;2*-1;;+2/p-1. The molecule has 10 nitrogen and oxygen atoms in total. The third-order valence-electron chi connectivity index (χ3n) is 0.882. The summed E-state index contributed by atoms with van der Waals surface area (Å²) < 4.78 is 21.9. The van der Waals surface area contributed by atoms with Crippen LogP contribution >= 0.6 is 0 Å². The van der Waals surface area contributed by atoms with Crippen LogP contribution in [-0.4, -0.2) is 37.7 Å². The molecule has 0 saturated heterocycles. The van der Waals surface area contributed by atoms with Crippen LogP contribution in [0.3, 0.4) is 0 Å². The third kappa shape index (κ3) is 29.5. The first kappa shape index (κ1) is 30.3. The van der Waals surface area contributed by atoms with Gasteiger partial charge in [-0.2, -0.15) is 0 Å². The summed E-state index contributed by atoms with van der Waals surface area (Å²) in [5, 5.41) is 26.3. The maximum atomic E-state index is 8.67. The maximum Gasteiger partial charge on any atom is 2.00 e. The fraction of sp³-hybridized carbons (Fsp3) is 0. The topological polar surface area (TPSA) is 221 Å². The van der Waals surface area contributed by atoms with E-state index in [4.69, 9.17) is 32.9 Å². The van der Waals surface area contributed by atoms with Crippen molar-refractivity contribution in [2.45, 2.75) is 0 Å². The van der Waals surface area contributed by atoms with Crippen molar-refractivity contribution in [3.8, 4) is 11.5 Å². The van der Waals surface area contributed by atoms with Crippen LogP contribution in [0.25, 0.3) is 12.3 Å². The van der Waals surface area contributed by atoms with E-state index >= 15 is 0 Å². The molecule has 0 bridgehead atoms. The first-order valence-corrected chi connectivity index (χ1v) is 5.49. The molecule has 0 aromatic heterocycles. The zero-order valence-corrected chi connectivity index (χ0v) is 12.7. The van der Waals surface area contributed by atoms with E-state index in [9.17, 15) is 0 Å². The van der Waals surface area contributed by atoms with Gasteiger partial charge in [-0.05, 0) is 12.1 Å². The van der Waals surface area contributed by atoms with Crippen LogP contribution in [-0.2, 0) is 21.1 Å². The Kier molecular flexibility index (Phi) is 36.3. The molecule has 111 valence electrons. The van der Waals surface area contributed by atoms with Crippen LogP contribution in [0.15, 0.2) is 29.6 Å². The van der Waals surface area contributed by atoms with Gasteiger partial charge in [0.1, 0.15) is 0 Å². The number of para-hydroxylation sites is 2. The van der Waals surface area contributed by atoms with Crippen molar-refractivity contribution in [2.75, 3.05) is 0 Å². The van der Waals surface area contributed by atoms with Gasteiger partial charge >= 0.3 is 48.5 Å². The Hall–Kier alpha value is -0.772. The zero-order valence-electron chi connectivity index (χ0n) is 8.69. The van der Waals surface area contributed by atoms with Crippen molar-refractivity contribution in [3.05, 3.63) is 46.7 Å². The normalized spacial score (nSPS) is 6.67. The fourth-order valence-electron chi connectivity index (χ4n) is 0.464. The quantitative estimate of drug-likeness (QED) is 0.145. The van der Waals surface area contributed by atoms with E-state index in [1.807, 2.05) is 0 Å². The fourth-order valence-corrected chi connectivity index (χ4v) is 0.464. The van der Waals surface area contributed by atoms with Crippen molar-refractivity contribution in [1.82, 2.24) is 0 Å². The van der Waals surface area contributed by atoms with Gasteiger partial charge < -0.3 is 32.6 Å². The van der Waals surface area contributed by atoms with Crippen LogP contribution in [0, 0.1) is 10.1 Å². The van der Waals surface area contributed by atoms with Crippen molar-refractivity contribution in [2.24, 2.45) is 5.34 Å². The molecule has 0 heterocycles. The Morgan fingerprint density at radius 3 is 1.28 bits per heavy atom. The molecular formula is C6H13N3O7PtSe-. The molecule has 18 heavy (non-hydrogen) atoms. The summed E-state index contributed by atoms with van der Waals surface area (Å²) in [5.74, 6) is -0.153. The molecule has 0 fully saturated rings. The number of aromatic hydroxyl groups is 2. The van der Waals surface area contributed by atoms with Gasteiger partial charge in [0.05, 0.1) is 0 Å². The second-order valence-corrected chi connectivity index (χ2v) is 2.84. The Morgan fingerprint density at radius 2 is 1.17 bits per heavy atom. The summed E-state index contributed by atoms with van der Waals surface area (Å²) in [6.07, 6.45) is 0. The molecule has 0 aliphatic heterocycles. The molecule has 0 atom stereocenters. The largest absolute Gasteiger partial charge is 2.00 e. The Morgan fingerprint density at radius 1 is 1.00 bits per heavy atom. The molecule has 0 amide bonds. The first-order valence-electron chi connectivity index (χ1n) is 3.19. The van der Waals surface area contributed by atoms with Crippen molar-refractivity contribution in [3.63, 3.8) is 0 Å². The monoisotopic (exact) mass is 514 g/mol. The molecule has 0 unspecified atom stereocenters. The Bertz CT molecular complexity index is 257. The minimum atomic E-state index is -3.04. The van der Waals surface area contributed by atoms with Crippen molar-refractivity contribution in [1.29, 1.82) is 0 Å². The summed E-state index contributed by atoms with van der Waals surface area (Å²) in [7, 11) is 0. The Labute approximate surface area is 122 Å². The van der Waals surface area contributed by atoms with E-state index in [-0.39, 0.29) is 44.9 Å². The predicted octanol–water partition coefficient (Wildman–Crippen LogP) is 0.728. The van der Waals surface area contributed by atoms with Crippen molar-refractivity contribution < 1.29 is 43.8 Å². The van der Waals surface area contributed by atoms with E-state index in [0.717, 1.165) is 5.34 Å². The van der Waals surface area contributed by atoms with Gasteiger partial charge in [-0.15, -0.1) is 5.34 Å². The molecule has 1 radical (unpaired) electrons. The minimum absolute atomic E-state index is 0. The SMILES string of the molecule is O=N[O-].O[Se](O)O.Oc1ccccc1O.[NH2-].[NH2-].[Pt+2]. The first-order chi connectivity index (χ1) is 6.95. The van der Waals surface area contributed by atoms with Gasteiger partial charge in [0.25, 0.3) is 0 Å². The molecule has 0 saturated carbocycles. The van der Waals surface area contributed by atoms with E-state index in [1.165, 1.54) is 12.1 Å². The summed E-state index contributed by atoms with van der Waals surface area (Å²) >= 11 is -3.04. The molecule has 0 spiro atoms. The van der Waals surface area contributed by atoms with Gasteiger partial charge in [0.2, 0.25) is 0 Å². The van der Waals surface area contributed by atoms with Crippen LogP contribution in [0.2, 0.25) is 0 Å². The van der Waals surface area contributed by atoms with Gasteiger partial charge in [0.15, 0.2) is 11.5 Å². The zero-order chi connectivity index (χ0) is 12.3. The number of benzene rings is 1. The second kappa shape index (κ2) is 21.5. The number of nitrogens with zero attached hydrogens (tertiary/aromatic N) is 1. The maximum absolute atomic E-state index is 8.67. The number of rotatable bonds is 0. The summed E-state index contributed by atoms with van der Waals surface area (Å²) in [5.41, 5.74) is 0. The smallest absolute Gasteiger partial charge is 0.693 e. The van der Waals surface area contributed by atoms with E-state index in [0.29, 0.717) is 0 Å². The number of hydrogen-bond acceptors (Lipinski definition) is 8. The molecule has 1 aromatic rings. The van der Waals surface area contributed by atoms with Gasteiger partial charge in [-0.25, -0.2) is 0 Å². The average molecular weight is 513 g/mol. The molecule has 0 aliphatic rings.